The third-order valence-corrected chi connectivity index (χ3v) is 9.25. The van der Waals surface area contributed by atoms with Crippen LogP contribution in [0, 0.1) is 0 Å². The highest BCUT2D eigenvalue weighted by atomic mass is 16.5. The van der Waals surface area contributed by atoms with Gasteiger partial charge < -0.3 is 44.5 Å². The summed E-state index contributed by atoms with van der Waals surface area (Å²) in [4.78, 5) is 112. The lowest BCUT2D eigenvalue weighted by atomic mass is 10.0. The van der Waals surface area contributed by atoms with Crippen molar-refractivity contribution in [3.63, 3.8) is 0 Å². The van der Waals surface area contributed by atoms with Crippen LogP contribution in [0.25, 0.3) is 0 Å². The van der Waals surface area contributed by atoms with Crippen molar-refractivity contribution in [3.8, 4) is 11.5 Å². The van der Waals surface area contributed by atoms with Crippen LogP contribution in [0.2, 0.25) is 0 Å². The Balaban J connectivity index is 1.30. The van der Waals surface area contributed by atoms with Gasteiger partial charge in [0.15, 0.2) is 25.8 Å². The van der Waals surface area contributed by atoms with Crippen molar-refractivity contribution >= 4 is 54.0 Å². The summed E-state index contributed by atoms with van der Waals surface area (Å²) >= 11 is 0. The summed E-state index contributed by atoms with van der Waals surface area (Å²) in [6.07, 6.45) is 7.13. The Kier molecular flexibility index (Phi) is 20.0. The largest absolute Gasteiger partial charge is 0.483 e. The lowest BCUT2D eigenvalue weighted by molar-refractivity contribution is -0.139. The molecule has 1 aliphatic heterocycles. The van der Waals surface area contributed by atoms with Gasteiger partial charge in [0.05, 0.1) is 42.1 Å². The van der Waals surface area contributed by atoms with Crippen LogP contribution >= 0.6 is 0 Å². The molecular formula is C41H51N5O14. The number of aliphatic carboxylic acids is 1. The molecule has 4 N–H and O–H groups in total. The molecule has 2 aromatic rings. The first-order valence-electron chi connectivity index (χ1n) is 19.1. The number of amides is 6. The normalized spacial score (nSPS) is 14.1. The maximum absolute atomic E-state index is 13.3. The number of nitrogens with zero attached hydrogens (tertiary/aromatic N) is 2. The number of carbonyl (C=O) groups is 9. The van der Waals surface area contributed by atoms with Crippen molar-refractivity contribution in [1.29, 1.82) is 0 Å². The fourth-order valence-electron chi connectivity index (χ4n) is 6.05. The van der Waals surface area contributed by atoms with Gasteiger partial charge in [-0.1, -0.05) is 24.3 Å². The molecule has 19 heteroatoms. The second kappa shape index (κ2) is 25.1. The van der Waals surface area contributed by atoms with Crippen LogP contribution in [0.1, 0.15) is 80.0 Å². The van der Waals surface area contributed by atoms with Gasteiger partial charge in [0, 0.05) is 40.7 Å². The number of piperidine rings is 1. The first-order chi connectivity index (χ1) is 28.8. The summed E-state index contributed by atoms with van der Waals surface area (Å²) < 4.78 is 21.7. The summed E-state index contributed by atoms with van der Waals surface area (Å²) in [7, 11) is 4.31. The molecule has 0 saturated carbocycles. The van der Waals surface area contributed by atoms with Crippen LogP contribution in [0.5, 0.6) is 11.5 Å². The number of likely N-dealkylation sites (N-methyl/N-ethyl adjacent to an activating group) is 3. The average Bonchev–Trinajstić information content (AvgIpc) is 3.24. The molecular weight excluding hydrogens is 786 g/mol. The van der Waals surface area contributed by atoms with E-state index < -0.39 is 60.8 Å². The van der Waals surface area contributed by atoms with Gasteiger partial charge in [-0.3, -0.25) is 43.7 Å². The maximum atomic E-state index is 13.3. The standard InChI is InChI=1S/C41H51N5O14/c1-42-38(53)31(45(2)40(55)28-12-10-15-34(30(28)24-48)60-26-37(51)52)13-7-5-4-6-8-19-57-21-22-58-20-18-43-36(50)25-59-33-14-9-11-27(29(33)23-47)41(56)46(3)32-16-17-35(49)44-39(32)54/h4-5,9-12,14-15,23-24,31-32H,6-8,13,16-22,25-26H2,1-3H3,(H,42,53)(H,43,50)(H,51,52)(H,44,49,54)/b5-4-. The number of hydrogen-bond donors (Lipinski definition) is 4. The Bertz CT molecular complexity index is 1900. The lowest BCUT2D eigenvalue weighted by Crippen LogP contribution is -2.53. The Labute approximate surface area is 346 Å². The highest BCUT2D eigenvalue weighted by Crippen LogP contribution is 2.25. The van der Waals surface area contributed by atoms with Gasteiger partial charge >= 0.3 is 5.97 Å². The maximum Gasteiger partial charge on any atom is 0.341 e. The van der Waals surface area contributed by atoms with Crippen molar-refractivity contribution in [3.05, 3.63) is 70.8 Å². The molecule has 0 aliphatic carbocycles. The van der Waals surface area contributed by atoms with Crippen molar-refractivity contribution < 1.29 is 67.2 Å². The second-order valence-electron chi connectivity index (χ2n) is 13.3. The molecule has 3 rings (SSSR count). The lowest BCUT2D eigenvalue weighted by Gasteiger charge is -2.30. The number of carboxylic acids is 1. The van der Waals surface area contributed by atoms with Crippen molar-refractivity contribution in [1.82, 2.24) is 25.8 Å². The smallest absolute Gasteiger partial charge is 0.341 e. The number of hydrogen-bond acceptors (Lipinski definition) is 13. The first-order valence-corrected chi connectivity index (χ1v) is 19.1. The fraction of sp³-hybridized carbons (Fsp3) is 0.439. The van der Waals surface area contributed by atoms with Crippen LogP contribution in [0.15, 0.2) is 48.6 Å². The minimum absolute atomic E-state index is 0.0153. The average molecular weight is 838 g/mol. The first kappa shape index (κ1) is 47.9. The van der Waals surface area contributed by atoms with Crippen molar-refractivity contribution in [2.24, 2.45) is 0 Å². The van der Waals surface area contributed by atoms with Crippen molar-refractivity contribution in [2.45, 2.75) is 50.6 Å². The topological polar surface area (TPSA) is 253 Å². The Morgan fingerprint density at radius 3 is 2.05 bits per heavy atom. The van der Waals surface area contributed by atoms with Gasteiger partial charge in [-0.25, -0.2) is 4.79 Å². The predicted octanol–water partition coefficient (Wildman–Crippen LogP) is 1.18. The zero-order valence-corrected chi connectivity index (χ0v) is 33.8. The number of allylic oxidation sites excluding steroid dienone is 2. The van der Waals surface area contributed by atoms with E-state index in [9.17, 15) is 43.2 Å². The van der Waals surface area contributed by atoms with E-state index in [1.807, 2.05) is 12.2 Å². The summed E-state index contributed by atoms with van der Waals surface area (Å²) in [6, 6.07) is 6.86. The number of unbranched alkanes of at least 4 members (excludes halogenated alkanes) is 1. The molecule has 1 saturated heterocycles. The number of ether oxygens (including phenoxy) is 4. The van der Waals surface area contributed by atoms with E-state index in [-0.39, 0.29) is 65.7 Å². The second-order valence-corrected chi connectivity index (χ2v) is 13.3. The van der Waals surface area contributed by atoms with Crippen LogP contribution < -0.4 is 25.4 Å². The third-order valence-electron chi connectivity index (χ3n) is 9.25. The van der Waals surface area contributed by atoms with Crippen LogP contribution in [-0.2, 0) is 33.4 Å². The molecule has 1 fully saturated rings. The van der Waals surface area contributed by atoms with E-state index in [2.05, 4.69) is 16.0 Å². The Morgan fingerprint density at radius 2 is 1.45 bits per heavy atom. The Morgan fingerprint density at radius 1 is 0.850 bits per heavy atom. The number of aldehydes is 2. The van der Waals surface area contributed by atoms with Crippen LogP contribution in [0.3, 0.4) is 0 Å². The fourth-order valence-corrected chi connectivity index (χ4v) is 6.05. The van der Waals surface area contributed by atoms with Gasteiger partial charge in [-0.15, -0.1) is 0 Å². The van der Waals surface area contributed by atoms with Crippen LogP contribution in [0.4, 0.5) is 0 Å². The zero-order chi connectivity index (χ0) is 44.0. The molecule has 6 amide bonds. The van der Waals surface area contributed by atoms with Crippen molar-refractivity contribution in [2.75, 3.05) is 67.3 Å². The molecule has 2 aromatic carbocycles. The van der Waals surface area contributed by atoms with Gasteiger partial charge in [0.1, 0.15) is 23.6 Å². The molecule has 2 atom stereocenters. The quantitative estimate of drug-likeness (QED) is 0.0450. The number of rotatable bonds is 26. The highest BCUT2D eigenvalue weighted by molar-refractivity contribution is 6.07. The number of nitrogens with one attached hydrogen (secondary N) is 3. The molecule has 1 heterocycles. The third kappa shape index (κ3) is 14.4. The van der Waals surface area contributed by atoms with E-state index in [0.29, 0.717) is 51.7 Å². The van der Waals surface area contributed by atoms with Gasteiger partial charge in [0.25, 0.3) is 17.7 Å². The monoisotopic (exact) mass is 837 g/mol. The van der Waals surface area contributed by atoms with E-state index in [4.69, 9.17) is 24.1 Å². The van der Waals surface area contributed by atoms with E-state index >= 15 is 0 Å². The predicted molar refractivity (Wildman–Crippen MR) is 213 cm³/mol. The van der Waals surface area contributed by atoms with Gasteiger partial charge in [-0.2, -0.15) is 0 Å². The molecule has 1 aliphatic rings. The molecule has 0 radical (unpaired) electrons. The van der Waals surface area contributed by atoms with Gasteiger partial charge in [-0.05, 0) is 56.4 Å². The summed E-state index contributed by atoms with van der Waals surface area (Å²) in [5, 5.41) is 16.3. The highest BCUT2D eigenvalue weighted by Gasteiger charge is 2.34. The molecule has 0 bridgehead atoms. The van der Waals surface area contributed by atoms with E-state index in [1.165, 1.54) is 62.4 Å². The van der Waals surface area contributed by atoms with Crippen LogP contribution in [-0.4, -0.2) is 148 Å². The summed E-state index contributed by atoms with van der Waals surface area (Å²) in [6.45, 7) is 0.356. The summed E-state index contributed by atoms with van der Waals surface area (Å²) in [5.74, 6) is -4.40. The number of imide groups is 1. The minimum Gasteiger partial charge on any atom is -0.483 e. The summed E-state index contributed by atoms with van der Waals surface area (Å²) in [5.41, 5.74) is -0.230. The Hall–Kier alpha value is -6.47. The van der Waals surface area contributed by atoms with E-state index in [0.717, 1.165) is 11.3 Å². The SMILES string of the molecule is CNC(=O)C(CC/C=C\CCCOCCOCCNC(=O)COc1cccc(C(=O)N(C)C2CCC(=O)NC2=O)c1C=O)N(C)C(=O)c1cccc(OCC(=O)O)c1C=O. The molecule has 2 unspecified atom stereocenters. The number of carbonyl (C=O) groups excluding carboxylic acids is 8. The number of carboxylic acid groups (broad SMARTS) is 1. The van der Waals surface area contributed by atoms with E-state index in [1.54, 1.807) is 0 Å². The molecule has 324 valence electrons. The molecule has 0 spiro atoms. The molecule has 19 nitrogen and oxygen atoms in total. The minimum atomic E-state index is -1.24. The zero-order valence-electron chi connectivity index (χ0n) is 33.8. The molecule has 0 aromatic heterocycles. The number of benzene rings is 2. The molecule has 60 heavy (non-hydrogen) atoms. The van der Waals surface area contributed by atoms with Gasteiger partial charge in [0.2, 0.25) is 17.7 Å².